The largest absolute Gasteiger partial charge is 0.422 e. The van der Waals surface area contributed by atoms with Gasteiger partial charge < -0.3 is 29.3 Å². The van der Waals surface area contributed by atoms with Crippen LogP contribution in [0.1, 0.15) is 23.7 Å². The Balaban J connectivity index is 1.73. The van der Waals surface area contributed by atoms with Crippen molar-refractivity contribution in [2.45, 2.75) is 19.9 Å². The molecule has 2 aromatic rings. The van der Waals surface area contributed by atoms with Gasteiger partial charge in [0.2, 0.25) is 0 Å². The fourth-order valence-electron chi connectivity index (χ4n) is 2.50. The minimum Gasteiger partial charge on any atom is -0.422 e. The van der Waals surface area contributed by atoms with Crippen molar-refractivity contribution in [1.82, 2.24) is 5.32 Å². The number of nitrogens with one attached hydrogen (secondary N) is 2. The van der Waals surface area contributed by atoms with E-state index in [1.807, 2.05) is 12.2 Å². The van der Waals surface area contributed by atoms with Crippen molar-refractivity contribution < 1.29 is 32.2 Å². The summed E-state index contributed by atoms with van der Waals surface area (Å²) < 4.78 is 45.8. The number of carbonyl (C=O) groups is 1. The topological polar surface area (TPSA) is 99.0 Å². The predicted molar refractivity (Wildman–Crippen MR) is 107 cm³/mol. The van der Waals surface area contributed by atoms with Gasteiger partial charge in [-0.05, 0) is 24.6 Å². The Morgan fingerprint density at radius 2 is 1.70 bits per heavy atom. The van der Waals surface area contributed by atoms with Gasteiger partial charge in [0.25, 0.3) is 5.91 Å². The molecule has 0 saturated heterocycles. The molecular weight excluding hydrogens is 402 g/mol. The molecule has 0 spiro atoms. The monoisotopic (exact) mass is 428 g/mol. The average Bonchev–Trinajstić information content (AvgIpc) is 2.70. The van der Waals surface area contributed by atoms with Gasteiger partial charge in [-0.2, -0.15) is 8.78 Å². The lowest BCUT2D eigenvalue weighted by molar-refractivity contribution is 0.0152. The fourth-order valence-corrected chi connectivity index (χ4v) is 2.50. The standard InChI is InChI=1S/C20H26F2N2O6/c1-2-6-27-8-10-29-11-9-28-7-5-23-18(25)16-12-14-3-4-15(24-20(21)22)13-17(14)30-19(16)26/h3-4,12-13,20,24H,2,5-11H2,1H3,(H,23,25). The Morgan fingerprint density at radius 3 is 2.37 bits per heavy atom. The number of halogens is 2. The highest BCUT2D eigenvalue weighted by molar-refractivity contribution is 5.96. The molecule has 2 rings (SSSR count). The lowest BCUT2D eigenvalue weighted by Crippen LogP contribution is -2.31. The second-order valence-electron chi connectivity index (χ2n) is 6.24. The summed E-state index contributed by atoms with van der Waals surface area (Å²) in [6.07, 6.45) is 0.968. The first-order chi connectivity index (χ1) is 14.5. The van der Waals surface area contributed by atoms with Crippen molar-refractivity contribution in [3.63, 3.8) is 0 Å². The smallest absolute Gasteiger partial charge is 0.349 e. The molecule has 0 saturated carbocycles. The highest BCUT2D eigenvalue weighted by Gasteiger charge is 2.14. The molecule has 0 aliphatic heterocycles. The lowest BCUT2D eigenvalue weighted by atomic mass is 10.1. The van der Waals surface area contributed by atoms with Crippen molar-refractivity contribution in [2.75, 3.05) is 51.5 Å². The molecule has 1 aromatic carbocycles. The van der Waals surface area contributed by atoms with Gasteiger partial charge >= 0.3 is 12.2 Å². The summed E-state index contributed by atoms with van der Waals surface area (Å²) in [5.41, 5.74) is -0.820. The van der Waals surface area contributed by atoms with Crippen LogP contribution in [0.4, 0.5) is 14.5 Å². The molecule has 30 heavy (non-hydrogen) atoms. The summed E-state index contributed by atoms with van der Waals surface area (Å²) in [7, 11) is 0. The van der Waals surface area contributed by atoms with Gasteiger partial charge in [-0.25, -0.2) is 4.79 Å². The molecule has 8 nitrogen and oxygen atoms in total. The molecule has 1 aromatic heterocycles. The molecule has 2 N–H and O–H groups in total. The number of ether oxygens (including phenoxy) is 3. The molecular formula is C20H26F2N2O6. The molecule has 166 valence electrons. The number of amides is 1. The van der Waals surface area contributed by atoms with Gasteiger partial charge in [0.1, 0.15) is 11.1 Å². The quantitative estimate of drug-likeness (QED) is 0.271. The highest BCUT2D eigenvalue weighted by Crippen LogP contribution is 2.19. The number of alkyl halides is 2. The molecule has 0 radical (unpaired) electrons. The third-order valence-corrected chi connectivity index (χ3v) is 3.88. The fraction of sp³-hybridized carbons (Fsp3) is 0.500. The number of hydrogen-bond acceptors (Lipinski definition) is 7. The molecule has 0 unspecified atom stereocenters. The first kappa shape index (κ1) is 23.7. The summed E-state index contributed by atoms with van der Waals surface area (Å²) in [6.45, 7) is 2.29. The van der Waals surface area contributed by atoms with Crippen molar-refractivity contribution in [1.29, 1.82) is 0 Å². The van der Waals surface area contributed by atoms with E-state index >= 15 is 0 Å². The minimum absolute atomic E-state index is 0.102. The Kier molecular flexibility index (Phi) is 10.2. The molecule has 0 fully saturated rings. The molecule has 10 heteroatoms. The summed E-state index contributed by atoms with van der Waals surface area (Å²) in [6, 6.07) is 5.52. The third kappa shape index (κ3) is 8.05. The molecule has 1 heterocycles. The van der Waals surface area contributed by atoms with E-state index in [0.29, 0.717) is 38.4 Å². The van der Waals surface area contributed by atoms with Crippen LogP contribution in [-0.4, -0.2) is 58.6 Å². The van der Waals surface area contributed by atoms with Crippen molar-refractivity contribution in [3.05, 3.63) is 40.2 Å². The van der Waals surface area contributed by atoms with Crippen molar-refractivity contribution in [2.24, 2.45) is 0 Å². The van der Waals surface area contributed by atoms with Gasteiger partial charge in [0.15, 0.2) is 0 Å². The maximum absolute atomic E-state index is 12.4. The lowest BCUT2D eigenvalue weighted by Gasteiger charge is -2.08. The molecule has 0 aliphatic rings. The average molecular weight is 428 g/mol. The molecule has 1 amide bonds. The third-order valence-electron chi connectivity index (χ3n) is 3.88. The summed E-state index contributed by atoms with van der Waals surface area (Å²) >= 11 is 0. The van der Waals surface area contributed by atoms with E-state index in [9.17, 15) is 18.4 Å². The predicted octanol–water partition coefficient (Wildman–Crippen LogP) is 2.62. The Bertz CT molecular complexity index is 859. The summed E-state index contributed by atoms with van der Waals surface area (Å²) in [5, 5.41) is 4.93. The van der Waals surface area contributed by atoms with Gasteiger partial charge in [0, 0.05) is 30.3 Å². The van der Waals surface area contributed by atoms with Gasteiger partial charge in [-0.1, -0.05) is 6.92 Å². The van der Waals surface area contributed by atoms with Crippen LogP contribution in [0.25, 0.3) is 11.0 Å². The van der Waals surface area contributed by atoms with Crippen LogP contribution >= 0.6 is 0 Å². The number of hydrogen-bond donors (Lipinski definition) is 2. The van der Waals surface area contributed by atoms with Gasteiger partial charge in [-0.15, -0.1) is 0 Å². The van der Waals surface area contributed by atoms with Crippen molar-refractivity contribution >= 4 is 22.6 Å². The first-order valence-corrected chi connectivity index (χ1v) is 9.65. The van der Waals surface area contributed by atoms with E-state index in [-0.39, 0.29) is 30.0 Å². The maximum Gasteiger partial charge on any atom is 0.349 e. The minimum atomic E-state index is -2.74. The first-order valence-electron chi connectivity index (χ1n) is 9.65. The van der Waals surface area contributed by atoms with Crippen molar-refractivity contribution in [3.8, 4) is 0 Å². The van der Waals surface area contributed by atoms with E-state index < -0.39 is 18.1 Å². The zero-order chi connectivity index (χ0) is 21.8. The number of anilines is 1. The van der Waals surface area contributed by atoms with Crippen LogP contribution in [0, 0.1) is 0 Å². The van der Waals surface area contributed by atoms with E-state index in [1.165, 1.54) is 24.3 Å². The van der Waals surface area contributed by atoms with Gasteiger partial charge in [0.05, 0.1) is 33.0 Å². The Morgan fingerprint density at radius 1 is 1.03 bits per heavy atom. The highest BCUT2D eigenvalue weighted by atomic mass is 19.3. The van der Waals surface area contributed by atoms with E-state index in [1.54, 1.807) is 0 Å². The Hall–Kier alpha value is -2.56. The maximum atomic E-state index is 12.4. The van der Waals surface area contributed by atoms with Crippen LogP contribution in [0.3, 0.4) is 0 Å². The Labute approximate surface area is 172 Å². The second kappa shape index (κ2) is 12.9. The zero-order valence-corrected chi connectivity index (χ0v) is 16.7. The van der Waals surface area contributed by atoms with Crippen LogP contribution in [0.5, 0.6) is 0 Å². The summed E-state index contributed by atoms with van der Waals surface area (Å²) in [5.74, 6) is -0.603. The molecule has 0 atom stereocenters. The SMILES string of the molecule is CCCOCCOCCOCCNC(=O)c1cc2ccc(NC(F)F)cc2oc1=O. The molecule has 0 bridgehead atoms. The zero-order valence-electron chi connectivity index (χ0n) is 16.7. The van der Waals surface area contributed by atoms with Crippen LogP contribution in [0.2, 0.25) is 0 Å². The van der Waals surface area contributed by atoms with E-state index in [4.69, 9.17) is 18.6 Å². The van der Waals surface area contributed by atoms with Crippen LogP contribution < -0.4 is 16.3 Å². The number of benzene rings is 1. The van der Waals surface area contributed by atoms with Gasteiger partial charge in [-0.3, -0.25) is 4.79 Å². The number of carbonyl (C=O) groups excluding carboxylic acids is 1. The second-order valence-corrected chi connectivity index (χ2v) is 6.24. The van der Waals surface area contributed by atoms with E-state index in [0.717, 1.165) is 6.42 Å². The normalized spacial score (nSPS) is 11.2. The van der Waals surface area contributed by atoms with Crippen LogP contribution in [-0.2, 0) is 14.2 Å². The number of fused-ring (bicyclic) bond motifs is 1. The van der Waals surface area contributed by atoms with Crippen LogP contribution in [0.15, 0.2) is 33.5 Å². The number of rotatable bonds is 14. The molecule has 0 aliphatic carbocycles. The summed E-state index contributed by atoms with van der Waals surface area (Å²) in [4.78, 5) is 24.3. The van der Waals surface area contributed by atoms with E-state index in [2.05, 4.69) is 5.32 Å².